The predicted octanol–water partition coefficient (Wildman–Crippen LogP) is 2.22. The zero-order valence-corrected chi connectivity index (χ0v) is 14.1. The minimum atomic E-state index is -3.38. The molecule has 2 aromatic rings. The number of sulfone groups is 1. The molecule has 0 aliphatic rings. The summed E-state index contributed by atoms with van der Waals surface area (Å²) >= 11 is 1.64. The summed E-state index contributed by atoms with van der Waals surface area (Å²) in [6, 6.07) is 10.4. The number of carbonyl (C=O) groups is 1. The van der Waals surface area contributed by atoms with Gasteiger partial charge in [-0.1, -0.05) is 18.2 Å². The molecular weight excluding hydrogens is 320 g/mol. The van der Waals surface area contributed by atoms with Crippen molar-refractivity contribution in [3.05, 3.63) is 46.7 Å². The van der Waals surface area contributed by atoms with E-state index < -0.39 is 9.84 Å². The molecule has 1 heterocycles. The first-order valence-electron chi connectivity index (χ1n) is 6.66. The van der Waals surface area contributed by atoms with Gasteiger partial charge in [0.25, 0.3) is 0 Å². The molecule has 0 aliphatic heterocycles. The van der Waals surface area contributed by atoms with Gasteiger partial charge in [-0.25, -0.2) is 8.42 Å². The molecule has 5 nitrogen and oxygen atoms in total. The van der Waals surface area contributed by atoms with Crippen molar-refractivity contribution in [1.82, 2.24) is 4.90 Å². The lowest BCUT2D eigenvalue weighted by molar-refractivity contribution is -0.117. The highest BCUT2D eigenvalue weighted by Crippen LogP contribution is 2.20. The van der Waals surface area contributed by atoms with Crippen molar-refractivity contribution in [1.29, 1.82) is 0 Å². The second kappa shape index (κ2) is 7.04. The lowest BCUT2D eigenvalue weighted by Gasteiger charge is -2.16. The monoisotopic (exact) mass is 338 g/mol. The lowest BCUT2D eigenvalue weighted by Crippen LogP contribution is -2.30. The van der Waals surface area contributed by atoms with Gasteiger partial charge in [-0.05, 0) is 30.6 Å². The summed E-state index contributed by atoms with van der Waals surface area (Å²) < 4.78 is 23.4. The fourth-order valence-electron chi connectivity index (χ4n) is 2.05. The number of benzene rings is 1. The summed E-state index contributed by atoms with van der Waals surface area (Å²) in [6.45, 7) is 0.870. The molecule has 1 N–H and O–H groups in total. The van der Waals surface area contributed by atoms with Gasteiger partial charge in [0, 0.05) is 17.7 Å². The number of nitrogens with zero attached hydrogens (tertiary/aromatic N) is 1. The topological polar surface area (TPSA) is 66.5 Å². The van der Waals surface area contributed by atoms with E-state index in [1.807, 2.05) is 29.5 Å². The Balaban J connectivity index is 2.01. The van der Waals surface area contributed by atoms with Crippen molar-refractivity contribution in [2.24, 2.45) is 0 Å². The van der Waals surface area contributed by atoms with Crippen LogP contribution in [0.15, 0.2) is 46.7 Å². The molecule has 1 amide bonds. The van der Waals surface area contributed by atoms with Gasteiger partial charge in [0.2, 0.25) is 5.91 Å². The minimum absolute atomic E-state index is 0.129. The molecule has 22 heavy (non-hydrogen) atoms. The van der Waals surface area contributed by atoms with E-state index in [1.54, 1.807) is 29.5 Å². The number of amides is 1. The molecule has 0 saturated heterocycles. The first-order chi connectivity index (χ1) is 10.4. The van der Waals surface area contributed by atoms with Gasteiger partial charge in [0.1, 0.15) is 0 Å². The molecule has 118 valence electrons. The number of hydrogen-bond donors (Lipinski definition) is 1. The molecule has 0 aliphatic carbocycles. The van der Waals surface area contributed by atoms with Crippen LogP contribution in [0.5, 0.6) is 0 Å². The van der Waals surface area contributed by atoms with Crippen LogP contribution in [0.1, 0.15) is 4.88 Å². The first-order valence-corrected chi connectivity index (χ1v) is 9.43. The molecule has 0 radical (unpaired) electrons. The molecule has 0 atom stereocenters. The molecule has 2 rings (SSSR count). The van der Waals surface area contributed by atoms with Crippen LogP contribution in [-0.4, -0.2) is 39.1 Å². The summed E-state index contributed by atoms with van der Waals surface area (Å²) in [6.07, 6.45) is 1.13. The van der Waals surface area contributed by atoms with E-state index in [2.05, 4.69) is 5.32 Å². The zero-order chi connectivity index (χ0) is 16.2. The average Bonchev–Trinajstić information content (AvgIpc) is 2.90. The van der Waals surface area contributed by atoms with Crippen molar-refractivity contribution in [3.63, 3.8) is 0 Å². The Morgan fingerprint density at radius 2 is 1.95 bits per heavy atom. The van der Waals surface area contributed by atoms with E-state index in [0.717, 1.165) is 6.26 Å². The number of rotatable bonds is 6. The van der Waals surface area contributed by atoms with E-state index in [-0.39, 0.29) is 17.3 Å². The van der Waals surface area contributed by atoms with Crippen LogP contribution in [0.3, 0.4) is 0 Å². The Hall–Kier alpha value is -1.70. The molecule has 1 aromatic heterocycles. The van der Waals surface area contributed by atoms with Crippen LogP contribution >= 0.6 is 11.3 Å². The van der Waals surface area contributed by atoms with Gasteiger partial charge in [-0.15, -0.1) is 11.3 Å². The Kier molecular flexibility index (Phi) is 5.33. The van der Waals surface area contributed by atoms with Crippen molar-refractivity contribution in [2.45, 2.75) is 11.4 Å². The van der Waals surface area contributed by atoms with E-state index in [0.29, 0.717) is 12.2 Å². The third-order valence-corrected chi connectivity index (χ3v) is 5.00. The molecule has 0 saturated carbocycles. The van der Waals surface area contributed by atoms with Crippen LogP contribution in [0, 0.1) is 0 Å². The van der Waals surface area contributed by atoms with E-state index >= 15 is 0 Å². The molecular formula is C15H18N2O3S2. The third kappa shape index (κ3) is 4.66. The highest BCUT2D eigenvalue weighted by Gasteiger charge is 2.15. The highest BCUT2D eigenvalue weighted by molar-refractivity contribution is 7.90. The summed E-state index contributed by atoms with van der Waals surface area (Å²) in [4.78, 5) is 15.3. The fourth-order valence-corrected chi connectivity index (χ4v) is 3.68. The standard InChI is InChI=1S/C15H18N2O3S2/c1-17(10-12-6-5-9-21-12)11-15(18)16-13-7-3-4-8-14(13)22(2,19)20/h3-9H,10-11H2,1-2H3,(H,16,18). The van der Waals surface area contributed by atoms with Crippen molar-refractivity contribution >= 4 is 32.8 Å². The van der Waals surface area contributed by atoms with E-state index in [1.165, 1.54) is 10.9 Å². The summed E-state index contributed by atoms with van der Waals surface area (Å²) in [5.41, 5.74) is 0.319. The maximum atomic E-state index is 12.1. The van der Waals surface area contributed by atoms with Crippen LogP contribution in [0.4, 0.5) is 5.69 Å². The maximum absolute atomic E-state index is 12.1. The van der Waals surface area contributed by atoms with Crippen LogP contribution in [0.2, 0.25) is 0 Å². The van der Waals surface area contributed by atoms with Crippen molar-refractivity contribution in [3.8, 4) is 0 Å². The number of para-hydroxylation sites is 1. The summed E-state index contributed by atoms with van der Waals surface area (Å²) in [5.74, 6) is -0.241. The highest BCUT2D eigenvalue weighted by atomic mass is 32.2. The maximum Gasteiger partial charge on any atom is 0.238 e. The zero-order valence-electron chi connectivity index (χ0n) is 12.4. The van der Waals surface area contributed by atoms with E-state index in [9.17, 15) is 13.2 Å². The van der Waals surface area contributed by atoms with Gasteiger partial charge < -0.3 is 5.32 Å². The summed E-state index contributed by atoms with van der Waals surface area (Å²) in [7, 11) is -1.53. The summed E-state index contributed by atoms with van der Waals surface area (Å²) in [5, 5.41) is 4.66. The van der Waals surface area contributed by atoms with Gasteiger partial charge in [0.05, 0.1) is 17.1 Å². The molecule has 1 aromatic carbocycles. The fraction of sp³-hybridized carbons (Fsp3) is 0.267. The van der Waals surface area contributed by atoms with Crippen LogP contribution in [-0.2, 0) is 21.2 Å². The second-order valence-corrected chi connectivity index (χ2v) is 8.08. The Bertz CT molecular complexity index is 740. The number of hydrogen-bond acceptors (Lipinski definition) is 5. The molecule has 0 fully saturated rings. The van der Waals surface area contributed by atoms with Crippen molar-refractivity contribution in [2.75, 3.05) is 25.2 Å². The van der Waals surface area contributed by atoms with Crippen LogP contribution < -0.4 is 5.32 Å². The minimum Gasteiger partial charge on any atom is -0.324 e. The molecule has 7 heteroatoms. The Morgan fingerprint density at radius 1 is 1.23 bits per heavy atom. The Morgan fingerprint density at radius 3 is 2.59 bits per heavy atom. The lowest BCUT2D eigenvalue weighted by atomic mass is 10.3. The van der Waals surface area contributed by atoms with E-state index in [4.69, 9.17) is 0 Å². The molecule has 0 bridgehead atoms. The number of likely N-dealkylation sites (N-methyl/N-ethyl adjacent to an activating group) is 1. The van der Waals surface area contributed by atoms with Gasteiger partial charge >= 0.3 is 0 Å². The van der Waals surface area contributed by atoms with Gasteiger partial charge in [-0.2, -0.15) is 0 Å². The largest absolute Gasteiger partial charge is 0.324 e. The number of thiophene rings is 1. The number of carbonyl (C=O) groups excluding carboxylic acids is 1. The molecule has 0 spiro atoms. The predicted molar refractivity (Wildman–Crippen MR) is 88.8 cm³/mol. The van der Waals surface area contributed by atoms with Crippen LogP contribution in [0.25, 0.3) is 0 Å². The normalized spacial score (nSPS) is 11.6. The first kappa shape index (κ1) is 16.7. The SMILES string of the molecule is CN(CC(=O)Nc1ccccc1S(C)(=O)=O)Cc1cccs1. The average molecular weight is 338 g/mol. The number of nitrogens with one attached hydrogen (secondary N) is 1. The second-order valence-electron chi connectivity index (χ2n) is 5.07. The smallest absolute Gasteiger partial charge is 0.238 e. The molecule has 0 unspecified atom stereocenters. The van der Waals surface area contributed by atoms with Crippen molar-refractivity contribution < 1.29 is 13.2 Å². The Labute approximate surface area is 134 Å². The number of anilines is 1. The quantitative estimate of drug-likeness (QED) is 0.877. The third-order valence-electron chi connectivity index (χ3n) is 2.98. The van der Waals surface area contributed by atoms with Gasteiger partial charge in [0.15, 0.2) is 9.84 Å². The van der Waals surface area contributed by atoms with Gasteiger partial charge in [-0.3, -0.25) is 9.69 Å².